The molecule has 9 nitrogen and oxygen atoms in total. The molecule has 3 aromatic rings. The predicted molar refractivity (Wildman–Crippen MR) is 100 cm³/mol. The lowest BCUT2D eigenvalue weighted by Crippen LogP contribution is -2.32. The summed E-state index contributed by atoms with van der Waals surface area (Å²) in [6.45, 7) is 5.87. The lowest BCUT2D eigenvalue weighted by atomic mass is 10.1. The second kappa shape index (κ2) is 7.98. The lowest BCUT2D eigenvalue weighted by Gasteiger charge is -2.12. The topological polar surface area (TPSA) is 111 Å². The third kappa shape index (κ3) is 3.97. The second-order valence-electron chi connectivity index (χ2n) is 6.12. The first-order valence-electron chi connectivity index (χ1n) is 8.89. The van der Waals surface area contributed by atoms with E-state index in [0.717, 1.165) is 29.7 Å². The van der Waals surface area contributed by atoms with Gasteiger partial charge in [0, 0.05) is 30.6 Å². The molecular weight excluding hydrogens is 346 g/mol. The molecule has 0 unspecified atom stereocenters. The SMILES string of the molecule is CCc1nn(C)c(NC(=O)N[C@@H](C)c2nc(-c3cccnc3)no2)c1CC. The average Bonchev–Trinajstić information content (AvgIpc) is 3.28. The summed E-state index contributed by atoms with van der Waals surface area (Å²) in [7, 11) is 1.82. The summed E-state index contributed by atoms with van der Waals surface area (Å²) >= 11 is 0. The second-order valence-corrected chi connectivity index (χ2v) is 6.12. The average molecular weight is 369 g/mol. The van der Waals surface area contributed by atoms with Crippen LogP contribution in [0.5, 0.6) is 0 Å². The first-order valence-corrected chi connectivity index (χ1v) is 8.89. The van der Waals surface area contributed by atoms with E-state index in [-0.39, 0.29) is 6.03 Å². The highest BCUT2D eigenvalue weighted by Gasteiger charge is 2.20. The number of anilines is 1. The van der Waals surface area contributed by atoms with Gasteiger partial charge in [-0.1, -0.05) is 19.0 Å². The fourth-order valence-electron chi connectivity index (χ4n) is 2.86. The molecule has 0 aliphatic heterocycles. The maximum atomic E-state index is 12.4. The summed E-state index contributed by atoms with van der Waals surface area (Å²) in [6, 6.07) is 2.83. The molecule has 0 saturated heterocycles. The van der Waals surface area contributed by atoms with Gasteiger partial charge in [-0.3, -0.25) is 15.0 Å². The van der Waals surface area contributed by atoms with E-state index in [1.165, 1.54) is 0 Å². The normalized spacial score (nSPS) is 12.0. The number of hydrogen-bond donors (Lipinski definition) is 2. The first-order chi connectivity index (χ1) is 13.0. The van der Waals surface area contributed by atoms with Crippen LogP contribution in [0, 0.1) is 0 Å². The van der Waals surface area contributed by atoms with Crippen molar-refractivity contribution in [2.75, 3.05) is 5.32 Å². The maximum absolute atomic E-state index is 12.4. The Labute approximate surface area is 157 Å². The Morgan fingerprint density at radius 1 is 1.33 bits per heavy atom. The third-order valence-corrected chi connectivity index (χ3v) is 4.23. The molecular formula is C18H23N7O2. The molecule has 1 atom stereocenters. The lowest BCUT2D eigenvalue weighted by molar-refractivity contribution is 0.245. The number of aromatic nitrogens is 5. The minimum Gasteiger partial charge on any atom is -0.337 e. The molecule has 142 valence electrons. The number of pyridine rings is 1. The molecule has 0 aromatic carbocycles. The van der Waals surface area contributed by atoms with Crippen molar-refractivity contribution in [3.05, 3.63) is 41.7 Å². The van der Waals surface area contributed by atoms with Crippen molar-refractivity contribution in [3.63, 3.8) is 0 Å². The fourth-order valence-corrected chi connectivity index (χ4v) is 2.86. The Kier molecular flexibility index (Phi) is 5.49. The Morgan fingerprint density at radius 3 is 2.81 bits per heavy atom. The molecule has 0 aliphatic carbocycles. The van der Waals surface area contributed by atoms with Crippen LogP contribution in [-0.4, -0.2) is 30.9 Å². The number of rotatable bonds is 6. The summed E-state index contributed by atoms with van der Waals surface area (Å²) in [5.41, 5.74) is 2.78. The maximum Gasteiger partial charge on any atom is 0.321 e. The number of carbonyl (C=O) groups excluding carboxylic acids is 1. The van der Waals surface area contributed by atoms with Crippen molar-refractivity contribution in [1.29, 1.82) is 0 Å². The van der Waals surface area contributed by atoms with Crippen LogP contribution < -0.4 is 10.6 Å². The number of amides is 2. The van der Waals surface area contributed by atoms with E-state index in [4.69, 9.17) is 4.52 Å². The van der Waals surface area contributed by atoms with Crippen LogP contribution in [-0.2, 0) is 19.9 Å². The van der Waals surface area contributed by atoms with E-state index < -0.39 is 6.04 Å². The summed E-state index contributed by atoms with van der Waals surface area (Å²) in [5.74, 6) is 1.44. The van der Waals surface area contributed by atoms with Gasteiger partial charge in [0.05, 0.1) is 5.69 Å². The van der Waals surface area contributed by atoms with Gasteiger partial charge in [-0.2, -0.15) is 10.1 Å². The van der Waals surface area contributed by atoms with Crippen LogP contribution >= 0.6 is 0 Å². The summed E-state index contributed by atoms with van der Waals surface area (Å²) < 4.78 is 6.96. The van der Waals surface area contributed by atoms with Crippen molar-refractivity contribution in [2.45, 2.75) is 39.7 Å². The highest BCUT2D eigenvalue weighted by atomic mass is 16.5. The van der Waals surface area contributed by atoms with Gasteiger partial charge in [-0.05, 0) is 31.9 Å². The van der Waals surface area contributed by atoms with Crippen LogP contribution in [0.15, 0.2) is 29.0 Å². The van der Waals surface area contributed by atoms with Gasteiger partial charge in [0.15, 0.2) is 0 Å². The molecule has 0 saturated carbocycles. The largest absolute Gasteiger partial charge is 0.337 e. The first kappa shape index (κ1) is 18.6. The Hall–Kier alpha value is -3.23. The molecule has 0 spiro atoms. The molecule has 27 heavy (non-hydrogen) atoms. The molecule has 0 fully saturated rings. The van der Waals surface area contributed by atoms with Crippen molar-refractivity contribution < 1.29 is 9.32 Å². The van der Waals surface area contributed by atoms with E-state index in [9.17, 15) is 4.79 Å². The molecule has 3 aromatic heterocycles. The third-order valence-electron chi connectivity index (χ3n) is 4.23. The van der Waals surface area contributed by atoms with E-state index in [1.54, 1.807) is 30.1 Å². The molecule has 0 aliphatic rings. The van der Waals surface area contributed by atoms with E-state index in [0.29, 0.717) is 17.5 Å². The molecule has 9 heteroatoms. The molecule has 2 amide bonds. The van der Waals surface area contributed by atoms with Crippen molar-refractivity contribution in [2.24, 2.45) is 7.05 Å². The van der Waals surface area contributed by atoms with E-state index in [1.807, 2.05) is 27.0 Å². The van der Waals surface area contributed by atoms with Gasteiger partial charge in [-0.25, -0.2) is 4.79 Å². The van der Waals surface area contributed by atoms with Gasteiger partial charge in [-0.15, -0.1) is 0 Å². The van der Waals surface area contributed by atoms with Gasteiger partial charge >= 0.3 is 6.03 Å². The summed E-state index contributed by atoms with van der Waals surface area (Å²) in [6.07, 6.45) is 4.93. The van der Waals surface area contributed by atoms with Gasteiger partial charge < -0.3 is 9.84 Å². The zero-order chi connectivity index (χ0) is 19.4. The Bertz CT molecular complexity index is 917. The molecule has 2 N–H and O–H groups in total. The molecule has 0 radical (unpaired) electrons. The summed E-state index contributed by atoms with van der Waals surface area (Å²) in [4.78, 5) is 20.8. The smallest absolute Gasteiger partial charge is 0.321 e. The quantitative estimate of drug-likeness (QED) is 0.691. The highest BCUT2D eigenvalue weighted by Crippen LogP contribution is 2.21. The number of hydrogen-bond acceptors (Lipinski definition) is 6. The number of nitrogens with zero attached hydrogens (tertiary/aromatic N) is 5. The summed E-state index contributed by atoms with van der Waals surface area (Å²) in [5, 5.41) is 14.1. The monoisotopic (exact) mass is 369 g/mol. The van der Waals surface area contributed by atoms with Crippen molar-refractivity contribution >= 4 is 11.8 Å². The van der Waals surface area contributed by atoms with Crippen molar-refractivity contribution in [1.82, 2.24) is 30.2 Å². The van der Waals surface area contributed by atoms with E-state index in [2.05, 4.69) is 30.9 Å². The van der Waals surface area contributed by atoms with Gasteiger partial charge in [0.2, 0.25) is 11.7 Å². The van der Waals surface area contributed by atoms with Crippen LogP contribution in [0.25, 0.3) is 11.4 Å². The van der Waals surface area contributed by atoms with Gasteiger partial charge in [0.25, 0.3) is 0 Å². The minimum atomic E-state index is -0.452. The number of carbonyl (C=O) groups is 1. The zero-order valence-electron chi connectivity index (χ0n) is 15.9. The molecule has 3 heterocycles. The fraction of sp³-hybridized carbons (Fsp3) is 0.389. The molecule has 3 rings (SSSR count). The van der Waals surface area contributed by atoms with Gasteiger partial charge in [0.1, 0.15) is 11.9 Å². The van der Waals surface area contributed by atoms with Crippen LogP contribution in [0.4, 0.5) is 10.6 Å². The number of nitrogens with one attached hydrogen (secondary N) is 2. The zero-order valence-corrected chi connectivity index (χ0v) is 15.9. The standard InChI is InChI=1S/C18H23N7O2/c1-5-13-14(6-2)23-25(4)16(13)22-18(26)20-11(3)17-21-15(24-27-17)12-8-7-9-19-10-12/h7-11H,5-6H2,1-4H3,(H2,20,22,26)/t11-/m0/s1. The van der Waals surface area contributed by atoms with Crippen LogP contribution in [0.1, 0.15) is 44.0 Å². The van der Waals surface area contributed by atoms with E-state index >= 15 is 0 Å². The van der Waals surface area contributed by atoms with Crippen LogP contribution in [0.2, 0.25) is 0 Å². The minimum absolute atomic E-state index is 0.318. The number of urea groups is 1. The number of aryl methyl sites for hydroxylation is 2. The Morgan fingerprint density at radius 2 is 2.15 bits per heavy atom. The highest BCUT2D eigenvalue weighted by molar-refractivity contribution is 5.89. The molecule has 0 bridgehead atoms. The van der Waals surface area contributed by atoms with Crippen molar-refractivity contribution in [3.8, 4) is 11.4 Å². The predicted octanol–water partition coefficient (Wildman–Crippen LogP) is 2.87. The van der Waals surface area contributed by atoms with Crippen LogP contribution in [0.3, 0.4) is 0 Å². The Balaban J connectivity index is 1.68.